The molecule has 70 valence electrons. The second-order valence-electron chi connectivity index (χ2n) is 2.42. The van der Waals surface area contributed by atoms with Gasteiger partial charge >= 0.3 is 6.16 Å². The Kier molecular flexibility index (Phi) is 3.83. The molecule has 2 fully saturated rings. The van der Waals surface area contributed by atoms with E-state index in [1.165, 1.54) is 0 Å². The summed E-state index contributed by atoms with van der Waals surface area (Å²) in [6.07, 6.45) is -0.597. The molecule has 2 rings (SSSR count). The van der Waals surface area contributed by atoms with Gasteiger partial charge in [-0.15, -0.1) is 0 Å². The van der Waals surface area contributed by atoms with Crippen molar-refractivity contribution in [2.24, 2.45) is 0 Å². The number of carbonyl (C=O) groups excluding carboxylic acids is 1. The number of hydrogen-bond donors (Lipinski definition) is 0. The van der Waals surface area contributed by atoms with Crippen molar-refractivity contribution >= 4 is 6.16 Å². The monoisotopic (exact) mass is 176 g/mol. The number of hydrogen-bond acceptors (Lipinski definition) is 5. The van der Waals surface area contributed by atoms with E-state index in [1.54, 1.807) is 6.92 Å². The summed E-state index contributed by atoms with van der Waals surface area (Å²) in [5.41, 5.74) is 0. The average Bonchev–Trinajstić information content (AvgIpc) is 2.63. The zero-order valence-corrected chi connectivity index (χ0v) is 6.95. The van der Waals surface area contributed by atoms with Gasteiger partial charge in [0.15, 0.2) is 0 Å². The minimum absolute atomic E-state index is 0.0486. The van der Waals surface area contributed by atoms with Crippen LogP contribution in [0.5, 0.6) is 0 Å². The summed E-state index contributed by atoms with van der Waals surface area (Å²) in [7, 11) is 0. The molecule has 0 saturated carbocycles. The third-order valence-electron chi connectivity index (χ3n) is 1.27. The van der Waals surface area contributed by atoms with Crippen molar-refractivity contribution in [2.45, 2.75) is 13.0 Å². The van der Waals surface area contributed by atoms with Crippen LogP contribution in [0.15, 0.2) is 0 Å². The predicted octanol–water partition coefficient (Wildman–Crippen LogP) is 0.532. The largest absolute Gasteiger partial charge is 0.508 e. The molecule has 2 heterocycles. The van der Waals surface area contributed by atoms with E-state index in [9.17, 15) is 4.79 Å². The molecule has 1 unspecified atom stereocenters. The second-order valence-corrected chi connectivity index (χ2v) is 2.42. The van der Waals surface area contributed by atoms with Crippen molar-refractivity contribution in [2.75, 3.05) is 26.6 Å². The lowest BCUT2D eigenvalue weighted by Crippen LogP contribution is -2.01. The SMILES string of the molecule is C1COCO1.CC1COC(=O)O1. The van der Waals surface area contributed by atoms with Gasteiger partial charge in [-0.25, -0.2) is 4.79 Å². The number of cyclic esters (lactones) is 2. The van der Waals surface area contributed by atoms with Crippen LogP contribution < -0.4 is 0 Å². The van der Waals surface area contributed by atoms with Crippen molar-refractivity contribution in [1.29, 1.82) is 0 Å². The number of rotatable bonds is 0. The van der Waals surface area contributed by atoms with Gasteiger partial charge in [-0.05, 0) is 6.92 Å². The Morgan fingerprint density at radius 1 is 1.33 bits per heavy atom. The maximum absolute atomic E-state index is 10.0. The standard InChI is InChI=1S/C4H6O3.C3H6O2/c1-3-2-6-4(5)7-3;1-2-5-3-4-1/h3H,2H2,1H3;1-3H2. The minimum atomic E-state index is -0.549. The maximum Gasteiger partial charge on any atom is 0.508 e. The van der Waals surface area contributed by atoms with Crippen molar-refractivity contribution in [3.8, 4) is 0 Å². The highest BCUT2D eigenvalue weighted by Crippen LogP contribution is 2.02. The molecule has 0 radical (unpaired) electrons. The fourth-order valence-electron chi connectivity index (χ4n) is 0.712. The van der Waals surface area contributed by atoms with Crippen LogP contribution in [0, 0.1) is 0 Å². The van der Waals surface area contributed by atoms with Gasteiger partial charge in [0.2, 0.25) is 0 Å². The third kappa shape index (κ3) is 3.54. The Balaban J connectivity index is 0.000000127. The van der Waals surface area contributed by atoms with Crippen molar-refractivity contribution in [1.82, 2.24) is 0 Å². The van der Waals surface area contributed by atoms with E-state index in [1.807, 2.05) is 0 Å². The van der Waals surface area contributed by atoms with Crippen molar-refractivity contribution in [3.63, 3.8) is 0 Å². The molecule has 5 nitrogen and oxygen atoms in total. The maximum atomic E-state index is 10.0. The molecular weight excluding hydrogens is 164 g/mol. The lowest BCUT2D eigenvalue weighted by atomic mass is 10.5. The van der Waals surface area contributed by atoms with Crippen LogP contribution in [0.2, 0.25) is 0 Å². The minimum Gasteiger partial charge on any atom is -0.430 e. The first-order valence-electron chi connectivity index (χ1n) is 3.78. The van der Waals surface area contributed by atoms with Gasteiger partial charge in [0.25, 0.3) is 0 Å². The molecule has 0 amide bonds. The number of carbonyl (C=O) groups is 1. The van der Waals surface area contributed by atoms with Crippen LogP contribution in [0.25, 0.3) is 0 Å². The van der Waals surface area contributed by atoms with E-state index in [4.69, 9.17) is 9.47 Å². The van der Waals surface area contributed by atoms with Gasteiger partial charge in [0, 0.05) is 0 Å². The summed E-state index contributed by atoms with van der Waals surface area (Å²) in [6.45, 7) is 4.24. The first-order chi connectivity index (χ1) is 5.79. The van der Waals surface area contributed by atoms with Crippen LogP contribution in [0.3, 0.4) is 0 Å². The molecule has 12 heavy (non-hydrogen) atoms. The fraction of sp³-hybridized carbons (Fsp3) is 0.857. The number of ether oxygens (including phenoxy) is 4. The van der Waals surface area contributed by atoms with E-state index >= 15 is 0 Å². The van der Waals surface area contributed by atoms with Crippen LogP contribution in [0.4, 0.5) is 4.79 Å². The summed E-state index contributed by atoms with van der Waals surface area (Å²) < 4.78 is 18.3. The van der Waals surface area contributed by atoms with E-state index in [-0.39, 0.29) is 6.10 Å². The van der Waals surface area contributed by atoms with Gasteiger partial charge in [0.1, 0.15) is 19.5 Å². The zero-order chi connectivity index (χ0) is 8.81. The van der Waals surface area contributed by atoms with Crippen LogP contribution >= 0.6 is 0 Å². The van der Waals surface area contributed by atoms with Crippen molar-refractivity contribution < 1.29 is 23.7 Å². The molecule has 0 aromatic heterocycles. The summed E-state index contributed by atoms with van der Waals surface area (Å²) >= 11 is 0. The molecule has 1 atom stereocenters. The van der Waals surface area contributed by atoms with E-state index in [2.05, 4.69) is 9.47 Å². The summed E-state index contributed by atoms with van der Waals surface area (Å²) in [6, 6.07) is 0. The van der Waals surface area contributed by atoms with Crippen molar-refractivity contribution in [3.05, 3.63) is 0 Å². The van der Waals surface area contributed by atoms with Gasteiger partial charge < -0.3 is 18.9 Å². The van der Waals surface area contributed by atoms with Crippen LogP contribution in [0.1, 0.15) is 6.92 Å². The molecule has 0 aromatic carbocycles. The summed E-state index contributed by atoms with van der Waals surface area (Å²) in [5.74, 6) is 0. The lowest BCUT2D eigenvalue weighted by Gasteiger charge is -1.90. The molecule has 2 saturated heterocycles. The molecule has 0 aliphatic carbocycles. The highest BCUT2D eigenvalue weighted by Gasteiger charge is 2.19. The van der Waals surface area contributed by atoms with Gasteiger partial charge in [-0.1, -0.05) is 0 Å². The Morgan fingerprint density at radius 3 is 2.17 bits per heavy atom. The van der Waals surface area contributed by atoms with Crippen LogP contribution in [-0.2, 0) is 18.9 Å². The first kappa shape index (κ1) is 9.28. The molecule has 0 N–H and O–H groups in total. The molecule has 0 bridgehead atoms. The normalized spacial score (nSPS) is 27.1. The molecule has 2 aliphatic rings. The quantitative estimate of drug-likeness (QED) is 0.504. The predicted molar refractivity (Wildman–Crippen MR) is 38.7 cm³/mol. The molecule has 0 aromatic rings. The molecule has 2 aliphatic heterocycles. The lowest BCUT2D eigenvalue weighted by molar-refractivity contribution is 0.0692. The third-order valence-corrected chi connectivity index (χ3v) is 1.27. The van der Waals surface area contributed by atoms with Gasteiger partial charge in [0.05, 0.1) is 13.2 Å². The smallest absolute Gasteiger partial charge is 0.430 e. The fourth-order valence-corrected chi connectivity index (χ4v) is 0.712. The van der Waals surface area contributed by atoms with E-state index in [0.717, 1.165) is 13.2 Å². The van der Waals surface area contributed by atoms with Gasteiger partial charge in [-0.3, -0.25) is 0 Å². The zero-order valence-electron chi connectivity index (χ0n) is 6.95. The molecule has 0 spiro atoms. The average molecular weight is 176 g/mol. The first-order valence-corrected chi connectivity index (χ1v) is 3.78. The van der Waals surface area contributed by atoms with E-state index in [0.29, 0.717) is 13.4 Å². The molecule has 5 heteroatoms. The Bertz CT molecular complexity index is 135. The Labute approximate surface area is 70.5 Å². The summed E-state index contributed by atoms with van der Waals surface area (Å²) in [4.78, 5) is 10.0. The Hall–Kier alpha value is -0.810. The Morgan fingerprint density at radius 2 is 2.00 bits per heavy atom. The highest BCUT2D eigenvalue weighted by atomic mass is 16.8. The molecular formula is C7H12O5. The second kappa shape index (κ2) is 4.95. The topological polar surface area (TPSA) is 54.0 Å². The van der Waals surface area contributed by atoms with Gasteiger partial charge in [-0.2, -0.15) is 0 Å². The van der Waals surface area contributed by atoms with Crippen LogP contribution in [-0.4, -0.2) is 38.9 Å². The van der Waals surface area contributed by atoms with E-state index < -0.39 is 6.16 Å². The summed E-state index contributed by atoms with van der Waals surface area (Å²) in [5, 5.41) is 0. The highest BCUT2D eigenvalue weighted by molar-refractivity contribution is 5.61.